The van der Waals surface area contributed by atoms with Crippen LogP contribution in [0.2, 0.25) is 0 Å². The smallest absolute Gasteiger partial charge is 0.00645 e. The second-order valence-electron chi connectivity index (χ2n) is 3.30. The molecule has 1 nitrogen and oxygen atoms in total. The first-order chi connectivity index (χ1) is 7.63. The molecule has 0 radical (unpaired) electrons. The van der Waals surface area contributed by atoms with E-state index in [1.54, 1.807) is 0 Å². The fourth-order valence-corrected chi connectivity index (χ4v) is 1.33. The molecule has 0 aliphatic carbocycles. The van der Waals surface area contributed by atoms with Crippen LogP contribution in [-0.4, -0.2) is 19.0 Å². The van der Waals surface area contributed by atoms with E-state index in [1.807, 2.05) is 69.4 Å². The van der Waals surface area contributed by atoms with Gasteiger partial charge in [-0.2, -0.15) is 0 Å². The highest BCUT2D eigenvalue weighted by atomic mass is 32.1. The molecule has 0 aliphatic rings. The summed E-state index contributed by atoms with van der Waals surface area (Å²) in [5.74, 6) is 0. The van der Waals surface area contributed by atoms with Crippen molar-refractivity contribution in [2.75, 3.05) is 14.1 Å². The lowest BCUT2D eigenvalue weighted by Crippen LogP contribution is -2.01. The van der Waals surface area contributed by atoms with Crippen LogP contribution in [0.4, 0.5) is 0 Å². The molecule has 88 valence electrons. The third kappa shape index (κ3) is 5.08. The highest BCUT2D eigenvalue weighted by Crippen LogP contribution is 2.17. The van der Waals surface area contributed by atoms with Crippen LogP contribution in [0.15, 0.2) is 48.0 Å². The van der Waals surface area contributed by atoms with Gasteiger partial charge in [0.1, 0.15) is 0 Å². The van der Waals surface area contributed by atoms with Gasteiger partial charge in [0.05, 0.1) is 0 Å². The Bertz CT molecular complexity index is 336. The van der Waals surface area contributed by atoms with Gasteiger partial charge in [-0.3, -0.25) is 0 Å². The maximum Gasteiger partial charge on any atom is 0.00645 e. The molecule has 2 heteroatoms. The first kappa shape index (κ1) is 14.8. The summed E-state index contributed by atoms with van der Waals surface area (Å²) in [5.41, 5.74) is 2.27. The van der Waals surface area contributed by atoms with Crippen molar-refractivity contribution in [1.29, 1.82) is 0 Å². The molecule has 0 saturated carbocycles. The van der Waals surface area contributed by atoms with Crippen LogP contribution >= 0.6 is 12.6 Å². The molecular formula is C14H21NS. The lowest BCUT2D eigenvalue weighted by Gasteiger charge is -2.09. The number of benzene rings is 1. The summed E-state index contributed by atoms with van der Waals surface area (Å²) < 4.78 is 0. The quantitative estimate of drug-likeness (QED) is 0.610. The lowest BCUT2D eigenvalue weighted by atomic mass is 10.1. The average Bonchev–Trinajstić information content (AvgIpc) is 2.29. The van der Waals surface area contributed by atoms with Crippen LogP contribution in [0.1, 0.15) is 19.4 Å². The number of allylic oxidation sites excluding steroid dienone is 2. The normalized spacial score (nSPS) is 10.2. The molecular weight excluding hydrogens is 214 g/mol. The van der Waals surface area contributed by atoms with E-state index in [4.69, 9.17) is 0 Å². The summed E-state index contributed by atoms with van der Waals surface area (Å²) in [6, 6.07) is 8.04. The molecule has 0 bridgehead atoms. The van der Waals surface area contributed by atoms with Gasteiger partial charge in [-0.25, -0.2) is 0 Å². The third-order valence-corrected chi connectivity index (χ3v) is 2.12. The molecule has 0 amide bonds. The van der Waals surface area contributed by atoms with Crippen molar-refractivity contribution in [2.45, 2.75) is 18.7 Å². The minimum absolute atomic E-state index is 0.974. The molecule has 1 aromatic carbocycles. The van der Waals surface area contributed by atoms with Crippen LogP contribution in [0.3, 0.4) is 0 Å². The Balaban J connectivity index is 0.00000106. The van der Waals surface area contributed by atoms with Crippen LogP contribution < -0.4 is 0 Å². The van der Waals surface area contributed by atoms with Crippen molar-refractivity contribution in [3.63, 3.8) is 0 Å². The van der Waals surface area contributed by atoms with Crippen molar-refractivity contribution in [3.8, 4) is 0 Å². The van der Waals surface area contributed by atoms with E-state index < -0.39 is 0 Å². The summed E-state index contributed by atoms with van der Waals surface area (Å²) in [6.45, 7) is 7.80. The van der Waals surface area contributed by atoms with Crippen molar-refractivity contribution in [2.24, 2.45) is 0 Å². The molecule has 0 spiro atoms. The molecule has 0 fully saturated rings. The Morgan fingerprint density at radius 2 is 1.69 bits per heavy atom. The minimum atomic E-state index is 0.974. The predicted octanol–water partition coefficient (Wildman–Crippen LogP) is 4.09. The monoisotopic (exact) mass is 235 g/mol. The number of rotatable bonds is 3. The van der Waals surface area contributed by atoms with E-state index in [0.717, 1.165) is 16.0 Å². The van der Waals surface area contributed by atoms with E-state index in [-0.39, 0.29) is 0 Å². The molecule has 0 heterocycles. The number of hydrogen-bond donors (Lipinski definition) is 1. The SMILES string of the molecule is C=C/C(=C\N(C)C)c1ccc(S)cc1.CC. The summed E-state index contributed by atoms with van der Waals surface area (Å²) in [6.07, 6.45) is 3.90. The Labute approximate surface area is 105 Å². The highest BCUT2D eigenvalue weighted by molar-refractivity contribution is 7.80. The molecule has 0 unspecified atom stereocenters. The van der Waals surface area contributed by atoms with Gasteiger partial charge in [-0.05, 0) is 23.3 Å². The molecule has 0 saturated heterocycles. The van der Waals surface area contributed by atoms with Crippen molar-refractivity contribution in [1.82, 2.24) is 4.90 Å². The lowest BCUT2D eigenvalue weighted by molar-refractivity contribution is 0.566. The van der Waals surface area contributed by atoms with E-state index in [0.29, 0.717) is 0 Å². The maximum atomic E-state index is 4.24. The van der Waals surface area contributed by atoms with Crippen molar-refractivity contribution < 1.29 is 0 Å². The summed E-state index contributed by atoms with van der Waals surface area (Å²) >= 11 is 4.24. The van der Waals surface area contributed by atoms with Crippen molar-refractivity contribution in [3.05, 3.63) is 48.7 Å². The molecule has 16 heavy (non-hydrogen) atoms. The fraction of sp³-hybridized carbons (Fsp3) is 0.286. The van der Waals surface area contributed by atoms with Gasteiger partial charge in [0.2, 0.25) is 0 Å². The Kier molecular flexibility index (Phi) is 7.48. The van der Waals surface area contributed by atoms with Crippen molar-refractivity contribution >= 4 is 18.2 Å². The number of thiol groups is 1. The standard InChI is InChI=1S/C12H15NS.C2H6/c1-4-10(9-13(2)3)11-5-7-12(14)8-6-11;1-2/h4-9,14H,1H2,2-3H3;1-2H3/b10-9+;. The zero-order valence-electron chi connectivity index (χ0n) is 10.6. The molecule has 0 atom stereocenters. The number of hydrogen-bond acceptors (Lipinski definition) is 2. The maximum absolute atomic E-state index is 4.24. The van der Waals surface area contributed by atoms with Crippen LogP contribution in [0.25, 0.3) is 5.57 Å². The second kappa shape index (κ2) is 8.05. The van der Waals surface area contributed by atoms with Crippen LogP contribution in [0.5, 0.6) is 0 Å². The minimum Gasteiger partial charge on any atom is -0.383 e. The molecule has 1 rings (SSSR count). The zero-order valence-corrected chi connectivity index (χ0v) is 11.5. The van der Waals surface area contributed by atoms with Gasteiger partial charge in [0.15, 0.2) is 0 Å². The Morgan fingerprint density at radius 3 is 2.06 bits per heavy atom. The second-order valence-corrected chi connectivity index (χ2v) is 3.82. The zero-order chi connectivity index (χ0) is 12.6. The van der Waals surface area contributed by atoms with Gasteiger partial charge in [0.25, 0.3) is 0 Å². The van der Waals surface area contributed by atoms with E-state index >= 15 is 0 Å². The molecule has 0 aliphatic heterocycles. The van der Waals surface area contributed by atoms with Crippen LogP contribution in [-0.2, 0) is 0 Å². The topological polar surface area (TPSA) is 3.24 Å². The van der Waals surface area contributed by atoms with Gasteiger partial charge < -0.3 is 4.90 Å². The predicted molar refractivity (Wildman–Crippen MR) is 76.9 cm³/mol. The Morgan fingerprint density at radius 1 is 1.19 bits per heavy atom. The van der Waals surface area contributed by atoms with E-state index in [9.17, 15) is 0 Å². The third-order valence-electron chi connectivity index (χ3n) is 1.82. The van der Waals surface area contributed by atoms with Gasteiger partial charge in [-0.15, -0.1) is 12.6 Å². The largest absolute Gasteiger partial charge is 0.383 e. The summed E-state index contributed by atoms with van der Waals surface area (Å²) in [7, 11) is 3.99. The van der Waals surface area contributed by atoms with Gasteiger partial charge in [0, 0.05) is 25.2 Å². The number of nitrogens with zero attached hydrogens (tertiary/aromatic N) is 1. The Hall–Kier alpha value is -1.15. The first-order valence-corrected chi connectivity index (χ1v) is 5.88. The van der Waals surface area contributed by atoms with Crippen LogP contribution in [0, 0.1) is 0 Å². The molecule has 1 aromatic rings. The average molecular weight is 235 g/mol. The van der Waals surface area contributed by atoms with Gasteiger partial charge >= 0.3 is 0 Å². The summed E-state index contributed by atoms with van der Waals surface area (Å²) in [4.78, 5) is 2.98. The molecule has 0 N–H and O–H groups in total. The molecule has 0 aromatic heterocycles. The highest BCUT2D eigenvalue weighted by Gasteiger charge is 1.96. The van der Waals surface area contributed by atoms with E-state index in [1.165, 1.54) is 0 Å². The van der Waals surface area contributed by atoms with Gasteiger partial charge in [-0.1, -0.05) is 38.6 Å². The van der Waals surface area contributed by atoms with E-state index in [2.05, 4.69) is 19.2 Å². The summed E-state index contributed by atoms with van der Waals surface area (Å²) in [5, 5.41) is 0. The first-order valence-electron chi connectivity index (χ1n) is 5.43. The fourth-order valence-electron chi connectivity index (χ4n) is 1.18.